The number of ether oxygens (including phenoxy) is 1. The van der Waals surface area contributed by atoms with E-state index in [1.54, 1.807) is 19.5 Å². The summed E-state index contributed by atoms with van der Waals surface area (Å²) in [6.45, 7) is 4.39. The minimum atomic E-state index is 0.0366. The van der Waals surface area contributed by atoms with Crippen LogP contribution in [-0.2, 0) is 9.53 Å². The van der Waals surface area contributed by atoms with Crippen LogP contribution in [0.1, 0.15) is 43.4 Å². The molecule has 8 heteroatoms. The highest BCUT2D eigenvalue weighted by Gasteiger charge is 2.33. The molecule has 1 aromatic carbocycles. The molecule has 0 N–H and O–H groups in total. The van der Waals surface area contributed by atoms with Gasteiger partial charge in [-0.15, -0.1) is 0 Å². The predicted molar refractivity (Wildman–Crippen MR) is 129 cm³/mol. The standard InChI is InChI=1S/C26H28N6O2/c1-17-16-31(10-11-32(17)24(33)7-12-34-2)26-20(15-27)13-21(25(30-26)18-3-4-18)19-5-6-22-23(14-19)29-9-8-28-22/h5-6,8-9,13-14,17-18H,3-4,7,10-12,16H2,1-2H3/t17-/m1/s1. The van der Waals surface area contributed by atoms with Gasteiger partial charge in [0.05, 0.1) is 35.3 Å². The second-order valence-corrected chi connectivity index (χ2v) is 9.06. The highest BCUT2D eigenvalue weighted by Crippen LogP contribution is 2.45. The molecule has 1 aliphatic heterocycles. The van der Waals surface area contributed by atoms with Crippen LogP contribution in [0.2, 0.25) is 0 Å². The zero-order chi connectivity index (χ0) is 23.7. The van der Waals surface area contributed by atoms with Gasteiger partial charge < -0.3 is 14.5 Å². The van der Waals surface area contributed by atoms with Gasteiger partial charge in [-0.3, -0.25) is 14.8 Å². The van der Waals surface area contributed by atoms with Crippen molar-refractivity contribution in [2.75, 3.05) is 38.3 Å². The summed E-state index contributed by atoms with van der Waals surface area (Å²) in [4.78, 5) is 30.5. The van der Waals surface area contributed by atoms with Crippen LogP contribution >= 0.6 is 0 Å². The van der Waals surface area contributed by atoms with Crippen molar-refractivity contribution >= 4 is 22.8 Å². The molecule has 2 aromatic heterocycles. The summed E-state index contributed by atoms with van der Waals surface area (Å²) < 4.78 is 5.06. The largest absolute Gasteiger partial charge is 0.384 e. The van der Waals surface area contributed by atoms with E-state index in [9.17, 15) is 10.1 Å². The number of piperazine rings is 1. The van der Waals surface area contributed by atoms with Crippen LogP contribution in [0.3, 0.4) is 0 Å². The second kappa shape index (κ2) is 9.35. The van der Waals surface area contributed by atoms with Crippen molar-refractivity contribution in [1.29, 1.82) is 5.26 Å². The van der Waals surface area contributed by atoms with Crippen molar-refractivity contribution in [3.63, 3.8) is 0 Å². The average molecular weight is 457 g/mol. The van der Waals surface area contributed by atoms with Gasteiger partial charge in [0.25, 0.3) is 0 Å². The highest BCUT2D eigenvalue weighted by molar-refractivity contribution is 5.83. The zero-order valence-electron chi connectivity index (χ0n) is 19.6. The van der Waals surface area contributed by atoms with Crippen molar-refractivity contribution in [3.05, 3.63) is 47.9 Å². The molecule has 0 radical (unpaired) electrons. The molecule has 3 heterocycles. The molecule has 1 saturated heterocycles. The number of methoxy groups -OCH3 is 1. The number of amides is 1. The van der Waals surface area contributed by atoms with Crippen LogP contribution < -0.4 is 4.90 Å². The van der Waals surface area contributed by atoms with Crippen LogP contribution in [0.5, 0.6) is 0 Å². The van der Waals surface area contributed by atoms with Crippen LogP contribution in [0.25, 0.3) is 22.2 Å². The Morgan fingerprint density at radius 2 is 1.97 bits per heavy atom. The summed E-state index contributed by atoms with van der Waals surface area (Å²) in [7, 11) is 1.61. The van der Waals surface area contributed by atoms with Crippen LogP contribution in [0, 0.1) is 11.3 Å². The highest BCUT2D eigenvalue weighted by atomic mass is 16.5. The lowest BCUT2D eigenvalue weighted by atomic mass is 9.98. The Hall–Kier alpha value is -3.57. The number of rotatable bonds is 6. The molecule has 1 atom stereocenters. The van der Waals surface area contributed by atoms with Crippen LogP contribution in [0.4, 0.5) is 5.82 Å². The van der Waals surface area contributed by atoms with Gasteiger partial charge in [0, 0.05) is 56.7 Å². The first-order valence-electron chi connectivity index (χ1n) is 11.8. The molecule has 2 fully saturated rings. The fourth-order valence-corrected chi connectivity index (χ4v) is 4.72. The number of nitriles is 1. The van der Waals surface area contributed by atoms with Gasteiger partial charge in [-0.1, -0.05) is 6.07 Å². The summed E-state index contributed by atoms with van der Waals surface area (Å²) in [6, 6.07) is 10.4. The monoisotopic (exact) mass is 456 g/mol. The Kier molecular flexibility index (Phi) is 6.12. The van der Waals surface area contributed by atoms with E-state index in [4.69, 9.17) is 9.72 Å². The summed E-state index contributed by atoms with van der Waals surface area (Å²) in [5.74, 6) is 1.24. The summed E-state index contributed by atoms with van der Waals surface area (Å²) in [6.07, 6.45) is 5.98. The minimum absolute atomic E-state index is 0.0366. The van der Waals surface area contributed by atoms with Gasteiger partial charge in [-0.25, -0.2) is 4.98 Å². The number of pyridine rings is 1. The molecular weight excluding hydrogens is 428 g/mol. The van der Waals surface area contributed by atoms with E-state index < -0.39 is 0 Å². The van der Waals surface area contributed by atoms with Crippen molar-refractivity contribution < 1.29 is 9.53 Å². The topological polar surface area (TPSA) is 95.2 Å². The molecule has 1 amide bonds. The molecule has 34 heavy (non-hydrogen) atoms. The first-order chi connectivity index (χ1) is 16.6. The number of nitrogens with zero attached hydrogens (tertiary/aromatic N) is 6. The van der Waals surface area contributed by atoms with E-state index in [1.165, 1.54) is 0 Å². The Morgan fingerprint density at radius 3 is 2.68 bits per heavy atom. The van der Waals surface area contributed by atoms with E-state index in [0.717, 1.165) is 46.5 Å². The smallest absolute Gasteiger partial charge is 0.225 e. The molecule has 0 unspecified atom stereocenters. The lowest BCUT2D eigenvalue weighted by Gasteiger charge is -2.41. The zero-order valence-corrected chi connectivity index (χ0v) is 19.6. The van der Waals surface area contributed by atoms with E-state index in [2.05, 4.69) is 27.9 Å². The van der Waals surface area contributed by atoms with Crippen LogP contribution in [-0.4, -0.2) is 65.2 Å². The third-order valence-electron chi connectivity index (χ3n) is 6.66. The van der Waals surface area contributed by atoms with Crippen molar-refractivity contribution in [2.24, 2.45) is 0 Å². The number of hydrogen-bond donors (Lipinski definition) is 0. The lowest BCUT2D eigenvalue weighted by Crippen LogP contribution is -2.54. The summed E-state index contributed by atoms with van der Waals surface area (Å²) in [5.41, 5.74) is 5.28. The van der Waals surface area contributed by atoms with Crippen LogP contribution in [0.15, 0.2) is 36.7 Å². The minimum Gasteiger partial charge on any atom is -0.384 e. The normalized spacial score (nSPS) is 18.2. The first kappa shape index (κ1) is 22.2. The number of aromatic nitrogens is 3. The lowest BCUT2D eigenvalue weighted by molar-refractivity contribution is -0.134. The predicted octanol–water partition coefficient (Wildman–Crippen LogP) is 3.51. The van der Waals surface area contributed by atoms with E-state index in [-0.39, 0.29) is 11.9 Å². The number of carbonyl (C=O) groups is 1. The number of benzene rings is 1. The maximum atomic E-state index is 12.5. The molecule has 8 nitrogen and oxygen atoms in total. The molecule has 2 aliphatic rings. The Morgan fingerprint density at radius 1 is 1.18 bits per heavy atom. The van der Waals surface area contributed by atoms with Crippen molar-refractivity contribution in [2.45, 2.75) is 38.1 Å². The molecular formula is C26H28N6O2. The molecule has 174 valence electrons. The van der Waals surface area contributed by atoms with Crippen molar-refractivity contribution in [3.8, 4) is 17.2 Å². The molecule has 5 rings (SSSR count). The summed E-state index contributed by atoms with van der Waals surface area (Å²) in [5, 5.41) is 10.0. The fraction of sp³-hybridized carbons (Fsp3) is 0.423. The van der Waals surface area contributed by atoms with E-state index in [1.807, 2.05) is 29.2 Å². The van der Waals surface area contributed by atoms with Gasteiger partial charge in [0.1, 0.15) is 11.9 Å². The third-order valence-corrected chi connectivity index (χ3v) is 6.66. The van der Waals surface area contributed by atoms with Crippen molar-refractivity contribution in [1.82, 2.24) is 19.9 Å². The Bertz CT molecular complexity index is 1270. The molecule has 3 aromatic rings. The molecule has 1 saturated carbocycles. The van der Waals surface area contributed by atoms with Gasteiger partial charge >= 0.3 is 0 Å². The van der Waals surface area contributed by atoms with E-state index >= 15 is 0 Å². The number of carbonyl (C=O) groups excluding carboxylic acids is 1. The second-order valence-electron chi connectivity index (χ2n) is 9.06. The Balaban J connectivity index is 1.47. The first-order valence-corrected chi connectivity index (χ1v) is 11.8. The van der Waals surface area contributed by atoms with Gasteiger partial charge in [0.2, 0.25) is 5.91 Å². The van der Waals surface area contributed by atoms with E-state index in [0.29, 0.717) is 44.1 Å². The molecule has 0 bridgehead atoms. The molecule has 0 spiro atoms. The van der Waals surface area contributed by atoms with Gasteiger partial charge in [-0.05, 0) is 43.5 Å². The third kappa shape index (κ3) is 4.31. The molecule has 1 aliphatic carbocycles. The Labute approximate surface area is 199 Å². The van der Waals surface area contributed by atoms with Gasteiger partial charge in [-0.2, -0.15) is 5.26 Å². The maximum Gasteiger partial charge on any atom is 0.225 e. The number of fused-ring (bicyclic) bond motifs is 1. The quantitative estimate of drug-likeness (QED) is 0.560. The fourth-order valence-electron chi connectivity index (χ4n) is 4.72. The average Bonchev–Trinajstić information content (AvgIpc) is 3.71. The van der Waals surface area contributed by atoms with Gasteiger partial charge in [0.15, 0.2) is 0 Å². The SMILES string of the molecule is COCCC(=O)N1CCN(c2nc(C3CC3)c(-c3ccc4nccnc4c3)cc2C#N)C[C@H]1C. The number of anilines is 1. The maximum absolute atomic E-state index is 12.5. The number of hydrogen-bond acceptors (Lipinski definition) is 7. The summed E-state index contributed by atoms with van der Waals surface area (Å²) >= 11 is 0.